The number of rotatable bonds is 3. The Bertz CT molecular complexity index is 703. The summed E-state index contributed by atoms with van der Waals surface area (Å²) >= 11 is 2.02. The Hall–Kier alpha value is -1.47. The molecule has 0 saturated carbocycles. The number of thioether (sulfide) groups is 1. The van der Waals surface area contributed by atoms with Crippen LogP contribution in [0.1, 0.15) is 45.0 Å². The van der Waals surface area contributed by atoms with E-state index >= 15 is 0 Å². The smallest absolute Gasteiger partial charge is 0.125 e. The summed E-state index contributed by atoms with van der Waals surface area (Å²) in [5.74, 6) is 2.97. The van der Waals surface area contributed by atoms with Crippen molar-refractivity contribution in [2.24, 2.45) is 5.92 Å². The van der Waals surface area contributed by atoms with Gasteiger partial charge in [-0.3, -0.25) is 0 Å². The minimum Gasteiger partial charge on any atom is -0.327 e. The molecule has 1 aromatic carbocycles. The first-order chi connectivity index (χ1) is 10.0. The Morgan fingerprint density at radius 3 is 2.90 bits per heavy atom. The highest BCUT2D eigenvalue weighted by Crippen LogP contribution is 2.46. The molecule has 0 spiro atoms. The number of fused-ring (bicyclic) bond motifs is 1. The minimum absolute atomic E-state index is 0.112. The normalized spacial score (nSPS) is 22.0. The standard InChI is InChI=1S/C17H21N3S/c1-12(2)11-20-15-6-5-13(10-18)9-14(15)19-16(20)17(3)7-4-8-21-17/h5-6,9,12H,4,7-8,11H2,1-3H3. The second kappa shape index (κ2) is 5.38. The molecule has 0 N–H and O–H groups in total. The first kappa shape index (κ1) is 14.5. The van der Waals surface area contributed by atoms with Gasteiger partial charge in [0, 0.05) is 6.54 Å². The third-order valence-electron chi connectivity index (χ3n) is 4.12. The van der Waals surface area contributed by atoms with Crippen molar-refractivity contribution in [2.75, 3.05) is 5.75 Å². The highest BCUT2D eigenvalue weighted by atomic mass is 32.2. The third kappa shape index (κ3) is 2.55. The van der Waals surface area contributed by atoms with E-state index < -0.39 is 0 Å². The Morgan fingerprint density at radius 2 is 2.29 bits per heavy atom. The van der Waals surface area contributed by atoms with Crippen molar-refractivity contribution in [2.45, 2.75) is 44.9 Å². The lowest BCUT2D eigenvalue weighted by atomic mass is 10.0. The molecule has 0 radical (unpaired) electrons. The van der Waals surface area contributed by atoms with Crippen LogP contribution in [0.15, 0.2) is 18.2 Å². The van der Waals surface area contributed by atoms with Gasteiger partial charge in [0.25, 0.3) is 0 Å². The van der Waals surface area contributed by atoms with Gasteiger partial charge in [-0.2, -0.15) is 5.26 Å². The molecule has 2 heterocycles. The molecule has 2 aromatic rings. The molecule has 0 aliphatic carbocycles. The van der Waals surface area contributed by atoms with Crippen LogP contribution in [0.2, 0.25) is 0 Å². The van der Waals surface area contributed by atoms with Gasteiger partial charge in [0.05, 0.1) is 27.4 Å². The molecule has 1 unspecified atom stereocenters. The SMILES string of the molecule is CC(C)Cn1c(C2(C)CCCS2)nc2cc(C#N)ccc21. The highest BCUT2D eigenvalue weighted by Gasteiger charge is 2.36. The molecule has 1 fully saturated rings. The van der Waals surface area contributed by atoms with E-state index in [0.29, 0.717) is 11.5 Å². The fourth-order valence-electron chi connectivity index (χ4n) is 3.11. The number of aromatic nitrogens is 2. The predicted molar refractivity (Wildman–Crippen MR) is 88.3 cm³/mol. The van der Waals surface area contributed by atoms with Crippen molar-refractivity contribution in [1.82, 2.24) is 9.55 Å². The Morgan fingerprint density at radius 1 is 1.48 bits per heavy atom. The van der Waals surface area contributed by atoms with Crippen molar-refractivity contribution >= 4 is 22.8 Å². The average molecular weight is 299 g/mol. The molecule has 1 aliphatic rings. The number of hydrogen-bond acceptors (Lipinski definition) is 3. The van der Waals surface area contributed by atoms with E-state index in [2.05, 4.69) is 37.5 Å². The maximum Gasteiger partial charge on any atom is 0.125 e. The minimum atomic E-state index is 0.112. The number of nitriles is 1. The van der Waals surface area contributed by atoms with E-state index in [9.17, 15) is 0 Å². The van der Waals surface area contributed by atoms with Crippen LogP contribution in [-0.2, 0) is 11.3 Å². The van der Waals surface area contributed by atoms with Gasteiger partial charge in [-0.05, 0) is 49.6 Å². The summed E-state index contributed by atoms with van der Waals surface area (Å²) in [6.45, 7) is 7.77. The molecule has 3 nitrogen and oxygen atoms in total. The summed E-state index contributed by atoms with van der Waals surface area (Å²) in [5.41, 5.74) is 2.80. The molecule has 4 heteroatoms. The molecular formula is C17H21N3S. The van der Waals surface area contributed by atoms with Gasteiger partial charge in [-0.25, -0.2) is 4.98 Å². The van der Waals surface area contributed by atoms with Crippen molar-refractivity contribution < 1.29 is 0 Å². The molecule has 1 saturated heterocycles. The van der Waals surface area contributed by atoms with Gasteiger partial charge in [0.2, 0.25) is 0 Å². The monoisotopic (exact) mass is 299 g/mol. The van der Waals surface area contributed by atoms with Gasteiger partial charge >= 0.3 is 0 Å². The fourth-order valence-corrected chi connectivity index (χ4v) is 4.42. The molecule has 3 rings (SSSR count). The third-order valence-corrected chi connectivity index (χ3v) is 5.63. The lowest BCUT2D eigenvalue weighted by Gasteiger charge is -2.24. The summed E-state index contributed by atoms with van der Waals surface area (Å²) < 4.78 is 2.49. The van der Waals surface area contributed by atoms with Gasteiger partial charge in [-0.15, -0.1) is 11.8 Å². The van der Waals surface area contributed by atoms with Crippen LogP contribution in [0.25, 0.3) is 11.0 Å². The number of hydrogen-bond donors (Lipinski definition) is 0. The molecule has 1 atom stereocenters. The quantitative estimate of drug-likeness (QED) is 0.848. The zero-order valence-electron chi connectivity index (χ0n) is 12.9. The maximum absolute atomic E-state index is 9.09. The van der Waals surface area contributed by atoms with Crippen LogP contribution >= 0.6 is 11.8 Å². The molecule has 21 heavy (non-hydrogen) atoms. The Labute approximate surface area is 130 Å². The van der Waals surface area contributed by atoms with Crippen molar-refractivity contribution in [3.8, 4) is 6.07 Å². The summed E-state index contributed by atoms with van der Waals surface area (Å²) in [6.07, 6.45) is 2.44. The molecule has 0 bridgehead atoms. The number of imidazole rings is 1. The fraction of sp³-hybridized carbons (Fsp3) is 0.529. The van der Waals surface area contributed by atoms with E-state index in [0.717, 1.165) is 17.6 Å². The van der Waals surface area contributed by atoms with E-state index in [4.69, 9.17) is 10.2 Å². The van der Waals surface area contributed by atoms with E-state index in [-0.39, 0.29) is 4.75 Å². The van der Waals surface area contributed by atoms with E-state index in [1.165, 1.54) is 24.4 Å². The molecule has 1 aliphatic heterocycles. The van der Waals surface area contributed by atoms with Crippen LogP contribution in [0, 0.1) is 17.2 Å². The van der Waals surface area contributed by atoms with E-state index in [1.807, 2.05) is 23.9 Å². The van der Waals surface area contributed by atoms with Crippen LogP contribution in [0.5, 0.6) is 0 Å². The van der Waals surface area contributed by atoms with Crippen LogP contribution in [0.4, 0.5) is 0 Å². The molecule has 1 aromatic heterocycles. The number of benzene rings is 1. The zero-order chi connectivity index (χ0) is 15.0. The van der Waals surface area contributed by atoms with Crippen LogP contribution in [0.3, 0.4) is 0 Å². The molecule has 110 valence electrons. The van der Waals surface area contributed by atoms with Crippen LogP contribution in [-0.4, -0.2) is 15.3 Å². The topological polar surface area (TPSA) is 41.6 Å². The number of nitrogens with zero attached hydrogens (tertiary/aromatic N) is 3. The second-order valence-corrected chi connectivity index (χ2v) is 8.04. The van der Waals surface area contributed by atoms with Gasteiger partial charge in [0.1, 0.15) is 5.82 Å². The van der Waals surface area contributed by atoms with Gasteiger partial charge in [0.15, 0.2) is 0 Å². The first-order valence-electron chi connectivity index (χ1n) is 7.58. The largest absolute Gasteiger partial charge is 0.327 e. The second-order valence-electron chi connectivity index (χ2n) is 6.44. The predicted octanol–water partition coefficient (Wildman–Crippen LogP) is 4.31. The van der Waals surface area contributed by atoms with Gasteiger partial charge in [-0.1, -0.05) is 13.8 Å². The summed E-state index contributed by atoms with van der Waals surface area (Å²) in [7, 11) is 0. The summed E-state index contributed by atoms with van der Waals surface area (Å²) in [5, 5.41) is 9.09. The summed E-state index contributed by atoms with van der Waals surface area (Å²) in [6, 6.07) is 8.08. The molecular weight excluding hydrogens is 278 g/mol. The van der Waals surface area contributed by atoms with E-state index in [1.54, 1.807) is 0 Å². The molecule has 0 amide bonds. The lowest BCUT2D eigenvalue weighted by molar-refractivity contribution is 0.485. The van der Waals surface area contributed by atoms with Crippen molar-refractivity contribution in [1.29, 1.82) is 5.26 Å². The lowest BCUT2D eigenvalue weighted by Crippen LogP contribution is -2.21. The summed E-state index contributed by atoms with van der Waals surface area (Å²) in [4.78, 5) is 4.92. The van der Waals surface area contributed by atoms with Crippen molar-refractivity contribution in [3.05, 3.63) is 29.6 Å². The van der Waals surface area contributed by atoms with Crippen LogP contribution < -0.4 is 0 Å². The Balaban J connectivity index is 2.19. The average Bonchev–Trinajstić information content (AvgIpc) is 3.03. The first-order valence-corrected chi connectivity index (χ1v) is 8.57. The highest BCUT2D eigenvalue weighted by molar-refractivity contribution is 8.00. The van der Waals surface area contributed by atoms with Crippen molar-refractivity contribution in [3.63, 3.8) is 0 Å². The Kier molecular flexibility index (Phi) is 3.71. The zero-order valence-corrected chi connectivity index (χ0v) is 13.7. The van der Waals surface area contributed by atoms with Gasteiger partial charge < -0.3 is 4.57 Å². The maximum atomic E-state index is 9.09.